The second kappa shape index (κ2) is 6.97. The molecule has 4 heterocycles. The number of rotatable bonds is 3. The summed E-state index contributed by atoms with van der Waals surface area (Å²) in [6, 6.07) is 9.79. The number of anilines is 1. The first-order valence-corrected chi connectivity index (χ1v) is 9.63. The molecule has 0 radical (unpaired) electrons. The number of amides is 1. The number of nitrogens with zero attached hydrogens (tertiary/aromatic N) is 4. The highest BCUT2D eigenvalue weighted by molar-refractivity contribution is 9.10. The van der Waals surface area contributed by atoms with Gasteiger partial charge < -0.3 is 9.80 Å². The predicted molar refractivity (Wildman–Crippen MR) is 102 cm³/mol. The van der Waals surface area contributed by atoms with E-state index in [0.29, 0.717) is 18.8 Å². The third-order valence-corrected chi connectivity index (χ3v) is 5.56. The average Bonchev–Trinajstić information content (AvgIpc) is 3.33. The predicted octanol–water partition coefficient (Wildman–Crippen LogP) is 3.26. The second-order valence-electron chi connectivity index (χ2n) is 5.76. The fourth-order valence-electron chi connectivity index (χ4n) is 2.85. The Kier molecular flexibility index (Phi) is 4.54. The van der Waals surface area contributed by atoms with E-state index in [1.807, 2.05) is 40.6 Å². The van der Waals surface area contributed by atoms with Gasteiger partial charge in [-0.2, -0.15) is 5.10 Å². The number of hydrogen-bond acceptors (Lipinski definition) is 5. The first-order chi connectivity index (χ1) is 12.2. The molecule has 0 atom stereocenters. The van der Waals surface area contributed by atoms with Crippen LogP contribution in [-0.2, 0) is 0 Å². The first kappa shape index (κ1) is 16.3. The van der Waals surface area contributed by atoms with E-state index >= 15 is 0 Å². The van der Waals surface area contributed by atoms with Crippen LogP contribution in [0.4, 0.5) is 5.82 Å². The van der Waals surface area contributed by atoms with Crippen molar-refractivity contribution < 1.29 is 4.79 Å². The quantitative estimate of drug-likeness (QED) is 0.709. The zero-order valence-corrected chi connectivity index (χ0v) is 15.8. The lowest BCUT2D eigenvalue weighted by Crippen LogP contribution is -2.49. The number of pyridine rings is 1. The van der Waals surface area contributed by atoms with Crippen LogP contribution in [0.2, 0.25) is 0 Å². The van der Waals surface area contributed by atoms with Gasteiger partial charge in [-0.15, -0.1) is 11.3 Å². The summed E-state index contributed by atoms with van der Waals surface area (Å²) in [7, 11) is 0. The lowest BCUT2D eigenvalue weighted by molar-refractivity contribution is 0.0740. The first-order valence-electron chi connectivity index (χ1n) is 7.96. The van der Waals surface area contributed by atoms with E-state index in [4.69, 9.17) is 0 Å². The van der Waals surface area contributed by atoms with E-state index < -0.39 is 0 Å². The van der Waals surface area contributed by atoms with E-state index in [1.54, 1.807) is 17.5 Å². The molecule has 1 amide bonds. The molecular formula is C17H16BrN5OS. The van der Waals surface area contributed by atoms with Gasteiger partial charge in [0.1, 0.15) is 5.82 Å². The van der Waals surface area contributed by atoms with E-state index in [1.165, 1.54) is 0 Å². The lowest BCUT2D eigenvalue weighted by Gasteiger charge is -2.35. The standard InChI is InChI=1S/C17H16BrN5OS/c18-12-3-4-16(19-11-12)22-5-7-23(8-6-22)17(24)14-10-13(20-21-14)15-2-1-9-25-15/h1-4,9-11H,5-8H2,(H,20,21). The summed E-state index contributed by atoms with van der Waals surface area (Å²) < 4.78 is 0.963. The van der Waals surface area contributed by atoms with Crippen molar-refractivity contribution in [1.29, 1.82) is 0 Å². The lowest BCUT2D eigenvalue weighted by atomic mass is 10.2. The average molecular weight is 418 g/mol. The van der Waals surface area contributed by atoms with Crippen molar-refractivity contribution in [2.24, 2.45) is 0 Å². The van der Waals surface area contributed by atoms with Crippen molar-refractivity contribution in [3.05, 3.63) is 52.1 Å². The number of thiophene rings is 1. The Bertz CT molecular complexity index is 854. The fourth-order valence-corrected chi connectivity index (χ4v) is 3.77. The van der Waals surface area contributed by atoms with Crippen LogP contribution in [0.1, 0.15) is 10.5 Å². The van der Waals surface area contributed by atoms with Crippen molar-refractivity contribution in [1.82, 2.24) is 20.1 Å². The van der Waals surface area contributed by atoms with Crippen LogP contribution < -0.4 is 4.90 Å². The molecule has 0 spiro atoms. The number of halogens is 1. The number of hydrogen-bond donors (Lipinski definition) is 1. The van der Waals surface area contributed by atoms with E-state index in [-0.39, 0.29) is 5.91 Å². The van der Waals surface area contributed by atoms with E-state index in [9.17, 15) is 4.79 Å². The Hall–Kier alpha value is -2.19. The zero-order valence-electron chi connectivity index (χ0n) is 13.4. The molecule has 0 bridgehead atoms. The van der Waals surface area contributed by atoms with Crippen LogP contribution in [0.15, 0.2) is 46.4 Å². The number of aromatic nitrogens is 3. The number of carbonyl (C=O) groups is 1. The van der Waals surface area contributed by atoms with Crippen LogP contribution >= 0.6 is 27.3 Å². The number of carbonyl (C=O) groups excluding carboxylic acids is 1. The van der Waals surface area contributed by atoms with Gasteiger partial charge in [-0.05, 0) is 45.6 Å². The van der Waals surface area contributed by atoms with Gasteiger partial charge in [-0.1, -0.05) is 6.07 Å². The fraction of sp³-hybridized carbons (Fsp3) is 0.235. The molecule has 1 fully saturated rings. The zero-order chi connectivity index (χ0) is 17.2. The van der Waals surface area contributed by atoms with Gasteiger partial charge in [-0.3, -0.25) is 9.89 Å². The second-order valence-corrected chi connectivity index (χ2v) is 7.62. The highest BCUT2D eigenvalue weighted by Crippen LogP contribution is 2.23. The van der Waals surface area contributed by atoms with Crippen molar-refractivity contribution in [2.45, 2.75) is 0 Å². The van der Waals surface area contributed by atoms with Crippen molar-refractivity contribution >= 4 is 39.0 Å². The number of aromatic amines is 1. The third-order valence-electron chi connectivity index (χ3n) is 4.19. The molecule has 25 heavy (non-hydrogen) atoms. The minimum Gasteiger partial charge on any atom is -0.353 e. The SMILES string of the molecule is O=C(c1cc(-c2cccs2)[nH]n1)N1CCN(c2ccc(Br)cn2)CC1. The summed E-state index contributed by atoms with van der Waals surface area (Å²) in [6.45, 7) is 2.86. The molecule has 0 saturated carbocycles. The molecule has 0 aliphatic carbocycles. The summed E-state index contributed by atoms with van der Waals surface area (Å²) in [5, 5.41) is 9.16. The van der Waals surface area contributed by atoms with Gasteiger partial charge in [0.15, 0.2) is 5.69 Å². The molecule has 3 aromatic heterocycles. The largest absolute Gasteiger partial charge is 0.353 e. The maximum absolute atomic E-state index is 12.7. The summed E-state index contributed by atoms with van der Waals surface area (Å²) in [4.78, 5) is 22.2. The Labute approximate surface area is 157 Å². The van der Waals surface area contributed by atoms with Gasteiger partial charge in [0, 0.05) is 36.8 Å². The molecule has 0 unspecified atom stereocenters. The van der Waals surface area contributed by atoms with Gasteiger partial charge in [0.2, 0.25) is 0 Å². The van der Waals surface area contributed by atoms with Crippen molar-refractivity contribution in [3.8, 4) is 10.6 Å². The molecule has 1 saturated heterocycles. The molecule has 128 valence electrons. The minimum absolute atomic E-state index is 0.0255. The van der Waals surface area contributed by atoms with Gasteiger partial charge in [0.05, 0.1) is 10.6 Å². The Morgan fingerprint density at radius 3 is 2.72 bits per heavy atom. The third kappa shape index (κ3) is 3.45. The highest BCUT2D eigenvalue weighted by atomic mass is 79.9. The Morgan fingerprint density at radius 1 is 1.20 bits per heavy atom. The number of H-pyrrole nitrogens is 1. The summed E-state index contributed by atoms with van der Waals surface area (Å²) >= 11 is 5.02. The van der Waals surface area contributed by atoms with Crippen LogP contribution in [0.5, 0.6) is 0 Å². The molecule has 1 N–H and O–H groups in total. The Balaban J connectivity index is 1.40. The molecule has 3 aromatic rings. The summed E-state index contributed by atoms with van der Waals surface area (Å²) in [5.74, 6) is 0.914. The molecule has 6 nitrogen and oxygen atoms in total. The van der Waals surface area contributed by atoms with Crippen molar-refractivity contribution in [3.63, 3.8) is 0 Å². The normalized spacial score (nSPS) is 14.8. The summed E-state index contributed by atoms with van der Waals surface area (Å²) in [6.07, 6.45) is 1.79. The van der Waals surface area contributed by atoms with E-state index in [0.717, 1.165) is 34.0 Å². The van der Waals surface area contributed by atoms with Gasteiger partial charge in [-0.25, -0.2) is 4.98 Å². The van der Waals surface area contributed by atoms with Crippen LogP contribution in [0.3, 0.4) is 0 Å². The molecule has 1 aliphatic heterocycles. The maximum Gasteiger partial charge on any atom is 0.274 e. The molecular weight excluding hydrogens is 402 g/mol. The van der Waals surface area contributed by atoms with Crippen molar-refractivity contribution in [2.75, 3.05) is 31.1 Å². The molecule has 0 aromatic carbocycles. The van der Waals surface area contributed by atoms with Crippen LogP contribution in [0.25, 0.3) is 10.6 Å². The molecule has 4 rings (SSSR count). The van der Waals surface area contributed by atoms with Crippen LogP contribution in [-0.4, -0.2) is 52.2 Å². The smallest absolute Gasteiger partial charge is 0.274 e. The number of piperazine rings is 1. The monoisotopic (exact) mass is 417 g/mol. The topological polar surface area (TPSA) is 65.1 Å². The maximum atomic E-state index is 12.7. The number of nitrogens with one attached hydrogen (secondary N) is 1. The van der Waals surface area contributed by atoms with Crippen LogP contribution in [0, 0.1) is 0 Å². The highest BCUT2D eigenvalue weighted by Gasteiger charge is 2.24. The molecule has 1 aliphatic rings. The Morgan fingerprint density at radius 2 is 2.04 bits per heavy atom. The molecule has 8 heteroatoms. The summed E-state index contributed by atoms with van der Waals surface area (Å²) in [5.41, 5.74) is 1.36. The van der Waals surface area contributed by atoms with Gasteiger partial charge in [0.25, 0.3) is 5.91 Å². The van der Waals surface area contributed by atoms with E-state index in [2.05, 4.69) is 36.0 Å². The minimum atomic E-state index is -0.0255. The van der Waals surface area contributed by atoms with Gasteiger partial charge >= 0.3 is 0 Å².